The molecule has 0 aliphatic carbocycles. The first-order valence-corrected chi connectivity index (χ1v) is 14.6. The Labute approximate surface area is 299 Å². The van der Waals surface area contributed by atoms with Gasteiger partial charge in [0, 0.05) is 22.1 Å². The fourth-order valence-electron chi connectivity index (χ4n) is 6.07. The van der Waals surface area contributed by atoms with Gasteiger partial charge in [0.05, 0.1) is 24.7 Å². The number of benzene rings is 8. The van der Waals surface area contributed by atoms with Crippen LogP contribution in [0.2, 0.25) is 0 Å². The van der Waals surface area contributed by atoms with E-state index in [0.29, 0.717) is 10.9 Å². The van der Waals surface area contributed by atoms with E-state index in [0.717, 1.165) is 5.56 Å². The maximum absolute atomic E-state index is 9.53. The van der Waals surface area contributed by atoms with Crippen LogP contribution in [-0.4, -0.2) is 0 Å². The quantitative estimate of drug-likeness (QED) is 0.175. The number of furan rings is 1. The molecule has 0 spiro atoms. The molecule has 220 valence electrons. The Balaban J connectivity index is 1.55. The molecule has 47 heavy (non-hydrogen) atoms. The van der Waals surface area contributed by atoms with Gasteiger partial charge in [-0.25, -0.2) is 0 Å². The van der Waals surface area contributed by atoms with Crippen molar-refractivity contribution in [2.24, 2.45) is 0 Å². The van der Waals surface area contributed by atoms with Crippen molar-refractivity contribution >= 4 is 32.5 Å². The molecule has 0 atom stereocenters. The minimum absolute atomic E-state index is 0.00240. The number of fused-ring (bicyclic) bond motifs is 3. The van der Waals surface area contributed by atoms with E-state index in [1.54, 1.807) is 36.4 Å². The van der Waals surface area contributed by atoms with Crippen LogP contribution in [-0.2, 0) is 0 Å². The number of hydrogen-bond acceptors (Lipinski definition) is 1. The monoisotopic (exact) mass is 616 g/mol. The van der Waals surface area contributed by atoms with Crippen LogP contribution in [0.15, 0.2) is 186 Å². The Morgan fingerprint density at radius 1 is 0.340 bits per heavy atom. The van der Waals surface area contributed by atoms with Crippen LogP contribution in [0, 0.1) is 0 Å². The second-order valence-corrected chi connectivity index (χ2v) is 10.7. The Bertz CT molecular complexity index is 3440. The third-order valence-corrected chi connectivity index (χ3v) is 8.09. The highest BCUT2D eigenvalue weighted by molar-refractivity contribution is 6.25. The van der Waals surface area contributed by atoms with Crippen LogP contribution < -0.4 is 0 Å². The van der Waals surface area contributed by atoms with Gasteiger partial charge in [0.2, 0.25) is 0 Å². The summed E-state index contributed by atoms with van der Waals surface area (Å²) in [4.78, 5) is 0. The molecule has 0 fully saturated rings. The smallest absolute Gasteiger partial charge is 0.143 e. The molecule has 1 heterocycles. The largest absolute Gasteiger partial charge is 0.455 e. The van der Waals surface area contributed by atoms with E-state index in [1.807, 2.05) is 30.3 Å². The molecule has 0 radical (unpaired) electrons. The summed E-state index contributed by atoms with van der Waals surface area (Å²) in [6.45, 7) is 0. The zero-order valence-corrected chi connectivity index (χ0v) is 24.3. The van der Waals surface area contributed by atoms with Gasteiger partial charge >= 0.3 is 0 Å². The lowest BCUT2D eigenvalue weighted by Gasteiger charge is -2.18. The van der Waals surface area contributed by atoms with Crippen molar-refractivity contribution in [3.63, 3.8) is 0 Å². The van der Waals surface area contributed by atoms with Crippen molar-refractivity contribution < 1.29 is 29.1 Å². The summed E-state index contributed by atoms with van der Waals surface area (Å²) in [5.41, 5.74) is 0.973. The first kappa shape index (κ1) is 14.5. The Morgan fingerprint density at radius 2 is 0.872 bits per heavy atom. The molecule has 0 N–H and O–H groups in total. The van der Waals surface area contributed by atoms with Crippen molar-refractivity contribution in [2.75, 3.05) is 0 Å². The highest BCUT2D eigenvalue weighted by atomic mass is 16.3. The third kappa shape index (κ3) is 4.64. The van der Waals surface area contributed by atoms with Gasteiger partial charge < -0.3 is 4.42 Å². The molecular formula is C46H30O. The van der Waals surface area contributed by atoms with Crippen LogP contribution in [0.5, 0.6) is 0 Å². The van der Waals surface area contributed by atoms with E-state index in [4.69, 9.17) is 23.6 Å². The second kappa shape index (κ2) is 11.3. The van der Waals surface area contributed by atoms with Gasteiger partial charge in [-0.3, -0.25) is 0 Å². The lowest BCUT2D eigenvalue weighted by molar-refractivity contribution is 0.632. The van der Waals surface area contributed by atoms with E-state index in [9.17, 15) is 5.48 Å². The summed E-state index contributed by atoms with van der Waals surface area (Å²) in [6, 6.07) is 8.37. The van der Waals surface area contributed by atoms with Crippen molar-refractivity contribution in [1.29, 1.82) is 0 Å². The maximum Gasteiger partial charge on any atom is 0.143 e. The zero-order chi connectivity index (χ0) is 46.8. The van der Waals surface area contributed by atoms with Gasteiger partial charge in [-0.15, -0.1) is 0 Å². The molecule has 1 nitrogen and oxygen atoms in total. The van der Waals surface area contributed by atoms with Gasteiger partial charge in [0.25, 0.3) is 0 Å². The van der Waals surface area contributed by atoms with E-state index >= 15 is 0 Å². The average Bonchev–Trinajstić information content (AvgIpc) is 3.69. The molecule has 0 bridgehead atoms. The molecule has 0 unspecified atom stereocenters. The van der Waals surface area contributed by atoms with Crippen molar-refractivity contribution in [1.82, 2.24) is 0 Å². The molecule has 9 rings (SSSR count). The molecule has 0 aliphatic heterocycles. The predicted octanol–water partition coefficient (Wildman–Crippen LogP) is 13.1. The van der Waals surface area contributed by atoms with Crippen LogP contribution in [0.1, 0.15) is 24.7 Å². The topological polar surface area (TPSA) is 13.1 Å². The lowest BCUT2D eigenvalue weighted by atomic mass is 9.84. The molecule has 0 aliphatic rings. The van der Waals surface area contributed by atoms with E-state index in [1.165, 1.54) is 6.07 Å². The highest BCUT2D eigenvalue weighted by Gasteiger charge is 2.24. The molecule has 0 saturated heterocycles. The normalized spacial score (nSPS) is 16.8. The van der Waals surface area contributed by atoms with Gasteiger partial charge in [-0.2, -0.15) is 0 Å². The van der Waals surface area contributed by atoms with Crippen LogP contribution in [0.4, 0.5) is 0 Å². The predicted molar refractivity (Wildman–Crippen MR) is 198 cm³/mol. The average molecular weight is 617 g/mol. The Morgan fingerprint density at radius 3 is 1.53 bits per heavy atom. The summed E-state index contributed by atoms with van der Waals surface area (Å²) in [7, 11) is 0. The van der Waals surface area contributed by atoms with Crippen LogP contribution in [0.25, 0.3) is 88.3 Å². The molecule has 8 aromatic carbocycles. The van der Waals surface area contributed by atoms with Crippen molar-refractivity contribution in [3.8, 4) is 55.8 Å². The minimum atomic E-state index is -0.788. The molecule has 0 amide bonds. The number of rotatable bonds is 5. The summed E-state index contributed by atoms with van der Waals surface area (Å²) >= 11 is 0. The van der Waals surface area contributed by atoms with Gasteiger partial charge in [0.1, 0.15) is 11.3 Å². The van der Waals surface area contributed by atoms with Gasteiger partial charge in [-0.05, 0) is 73.1 Å². The van der Waals surface area contributed by atoms with Crippen molar-refractivity contribution in [3.05, 3.63) is 182 Å². The first-order valence-electron chi connectivity index (χ1n) is 23.6. The summed E-state index contributed by atoms with van der Waals surface area (Å²) in [5, 5.41) is -1.10. The standard InChI is InChI=1S/C46H30O/c1-4-15-31(16-5-1)34-21-14-22-36(29-34)46-45(41-28-27-35(30-42(41)47-46)32-17-6-2-7-18-32)44-39-25-12-10-23-37(39)43(33-19-8-3-9-20-33)38-24-11-13-26-40(38)44/h1-30H/i1D,3D,4D,5D,8D,9D,10D,11D,12D,13D,15D,16D,19D,20D,23D,24D,25D,26D. The van der Waals surface area contributed by atoms with Gasteiger partial charge in [-0.1, -0.05) is 163 Å². The molecule has 0 saturated carbocycles. The van der Waals surface area contributed by atoms with Crippen LogP contribution in [0.3, 0.4) is 0 Å². The van der Waals surface area contributed by atoms with Crippen LogP contribution >= 0.6 is 0 Å². The SMILES string of the molecule is [2H]c1c([2H])c([2H])c(-c2cccc(-c3oc4cc(-c5ccccc5)ccc4c3-c3c4c([2H])c([2H])c([2H])c([2H])c4c(-c4c([2H])c([2H])c([2H])c([2H])c4[2H])c4c([2H])c([2H])c([2H])c([2H])c34)c2)c([2H])c1[2H]. The fourth-order valence-corrected chi connectivity index (χ4v) is 6.07. The molecular weight excluding hydrogens is 569 g/mol. The van der Waals surface area contributed by atoms with E-state index < -0.39 is 131 Å². The molecule has 9 aromatic rings. The Hall–Kier alpha value is -6.18. The zero-order valence-electron chi connectivity index (χ0n) is 42.3. The minimum Gasteiger partial charge on any atom is -0.455 e. The fraction of sp³-hybridized carbons (Fsp3) is 0. The van der Waals surface area contributed by atoms with Gasteiger partial charge in [0.15, 0.2) is 0 Å². The van der Waals surface area contributed by atoms with E-state index in [2.05, 4.69) is 0 Å². The molecule has 1 heteroatoms. The van der Waals surface area contributed by atoms with E-state index in [-0.39, 0.29) is 49.9 Å². The Kier molecular flexibility index (Phi) is 3.49. The summed E-state index contributed by atoms with van der Waals surface area (Å²) in [5.74, 6) is -0.00240. The second-order valence-electron chi connectivity index (χ2n) is 10.7. The summed E-state index contributed by atoms with van der Waals surface area (Å²) < 4.78 is 166. The maximum atomic E-state index is 9.53. The third-order valence-electron chi connectivity index (χ3n) is 8.09. The summed E-state index contributed by atoms with van der Waals surface area (Å²) in [6.07, 6.45) is 0. The highest BCUT2D eigenvalue weighted by Crippen LogP contribution is 2.50. The van der Waals surface area contributed by atoms with Crippen molar-refractivity contribution in [2.45, 2.75) is 0 Å². The molecule has 1 aromatic heterocycles. The lowest BCUT2D eigenvalue weighted by Crippen LogP contribution is -1.91. The first-order chi connectivity index (χ1) is 30.8. The number of hydrogen-bond donors (Lipinski definition) is 0.